The summed E-state index contributed by atoms with van der Waals surface area (Å²) in [6, 6.07) is 0. The molecule has 2 heteroatoms. The molecule has 0 amide bonds. The lowest BCUT2D eigenvalue weighted by atomic mass is 9.60. The Labute approximate surface area is 88.4 Å². The summed E-state index contributed by atoms with van der Waals surface area (Å²) in [6.07, 6.45) is 4.19. The third-order valence-electron chi connectivity index (χ3n) is 3.99. The molecule has 1 aliphatic rings. The first-order valence-electron chi connectivity index (χ1n) is 5.81. The smallest absolute Gasteiger partial charge is 0.0535 e. The van der Waals surface area contributed by atoms with E-state index in [0.717, 1.165) is 19.1 Å². The van der Waals surface area contributed by atoms with E-state index in [1.165, 1.54) is 19.3 Å². The van der Waals surface area contributed by atoms with Crippen LogP contribution in [-0.4, -0.2) is 27.3 Å². The quantitative estimate of drug-likeness (QED) is 0.708. The molecule has 1 rings (SSSR count). The molecule has 0 radical (unpaired) electrons. The summed E-state index contributed by atoms with van der Waals surface area (Å²) in [4.78, 5) is 0. The van der Waals surface area contributed by atoms with Crippen LogP contribution in [-0.2, 0) is 4.74 Å². The van der Waals surface area contributed by atoms with Gasteiger partial charge in [-0.05, 0) is 31.7 Å². The number of nitrogens with one attached hydrogen (secondary N) is 1. The van der Waals surface area contributed by atoms with E-state index in [4.69, 9.17) is 4.74 Å². The van der Waals surface area contributed by atoms with Crippen molar-refractivity contribution < 1.29 is 4.74 Å². The number of hydrogen-bond donors (Lipinski definition) is 1. The zero-order valence-electron chi connectivity index (χ0n) is 10.1. The van der Waals surface area contributed by atoms with E-state index >= 15 is 0 Å². The maximum atomic E-state index is 5.44. The van der Waals surface area contributed by atoms with Crippen LogP contribution in [0.2, 0.25) is 0 Å². The van der Waals surface area contributed by atoms with Crippen molar-refractivity contribution >= 4 is 0 Å². The van der Waals surface area contributed by atoms with Crippen LogP contribution in [0.4, 0.5) is 0 Å². The Morgan fingerprint density at radius 1 is 1.43 bits per heavy atom. The van der Waals surface area contributed by atoms with E-state index in [0.29, 0.717) is 11.3 Å². The van der Waals surface area contributed by atoms with Gasteiger partial charge in [-0.2, -0.15) is 0 Å². The second-order valence-electron chi connectivity index (χ2n) is 4.98. The Balaban J connectivity index is 2.70. The summed E-state index contributed by atoms with van der Waals surface area (Å²) >= 11 is 0. The Morgan fingerprint density at radius 3 is 2.36 bits per heavy atom. The minimum Gasteiger partial charge on any atom is -0.384 e. The van der Waals surface area contributed by atoms with Gasteiger partial charge in [0, 0.05) is 19.1 Å². The molecule has 1 N–H and O–H groups in total. The zero-order valence-corrected chi connectivity index (χ0v) is 10.1. The summed E-state index contributed by atoms with van der Waals surface area (Å²) in [7, 11) is 3.87. The highest BCUT2D eigenvalue weighted by molar-refractivity contribution is 4.94. The second kappa shape index (κ2) is 5.13. The van der Waals surface area contributed by atoms with Crippen molar-refractivity contribution in [3.63, 3.8) is 0 Å². The van der Waals surface area contributed by atoms with Crippen molar-refractivity contribution in [1.29, 1.82) is 0 Å². The van der Waals surface area contributed by atoms with E-state index < -0.39 is 0 Å². The van der Waals surface area contributed by atoms with Crippen molar-refractivity contribution in [2.75, 3.05) is 27.3 Å². The van der Waals surface area contributed by atoms with Gasteiger partial charge in [0.2, 0.25) is 0 Å². The molecule has 1 saturated carbocycles. The second-order valence-corrected chi connectivity index (χ2v) is 4.98. The van der Waals surface area contributed by atoms with Gasteiger partial charge in [0.1, 0.15) is 0 Å². The first kappa shape index (κ1) is 12.0. The lowest BCUT2D eigenvalue weighted by Crippen LogP contribution is -2.49. The molecule has 0 aromatic heterocycles. The van der Waals surface area contributed by atoms with Crippen molar-refractivity contribution in [1.82, 2.24) is 5.32 Å². The normalized spacial score (nSPS) is 22.1. The number of hydrogen-bond acceptors (Lipinski definition) is 2. The lowest BCUT2D eigenvalue weighted by molar-refractivity contribution is -0.0349. The van der Waals surface area contributed by atoms with Gasteiger partial charge in [-0.1, -0.05) is 20.3 Å². The molecule has 1 fully saturated rings. The third-order valence-corrected chi connectivity index (χ3v) is 3.99. The molecule has 0 aromatic rings. The summed E-state index contributed by atoms with van der Waals surface area (Å²) in [5.74, 6) is 1.56. The van der Waals surface area contributed by atoms with Gasteiger partial charge in [0.25, 0.3) is 0 Å². The fourth-order valence-electron chi connectivity index (χ4n) is 2.74. The predicted molar refractivity (Wildman–Crippen MR) is 60.4 cm³/mol. The minimum absolute atomic E-state index is 0.363. The van der Waals surface area contributed by atoms with E-state index in [9.17, 15) is 0 Å². The molecule has 0 heterocycles. The van der Waals surface area contributed by atoms with Gasteiger partial charge < -0.3 is 10.1 Å². The molecule has 0 spiro atoms. The molecule has 2 nitrogen and oxygen atoms in total. The minimum atomic E-state index is 0.363. The van der Waals surface area contributed by atoms with Gasteiger partial charge in [-0.25, -0.2) is 0 Å². The zero-order chi connectivity index (χ0) is 10.6. The lowest BCUT2D eigenvalue weighted by Gasteiger charge is -2.48. The average Bonchev–Trinajstić information content (AvgIpc) is 2.01. The molecule has 0 aromatic carbocycles. The number of rotatable bonds is 6. The van der Waals surface area contributed by atoms with Gasteiger partial charge in [-0.3, -0.25) is 0 Å². The van der Waals surface area contributed by atoms with Crippen LogP contribution in [0.5, 0.6) is 0 Å². The van der Waals surface area contributed by atoms with E-state index in [-0.39, 0.29) is 0 Å². The number of methoxy groups -OCH3 is 1. The Bertz CT molecular complexity index is 158. The SMILES string of the molecule is CNCC(COC)(C(C)C)C1CCC1. The highest BCUT2D eigenvalue weighted by Crippen LogP contribution is 2.46. The maximum Gasteiger partial charge on any atom is 0.0535 e. The van der Waals surface area contributed by atoms with Crippen LogP contribution in [0.25, 0.3) is 0 Å². The molecule has 0 bridgehead atoms. The number of ether oxygens (including phenoxy) is 1. The van der Waals surface area contributed by atoms with Crippen LogP contribution in [0.1, 0.15) is 33.1 Å². The predicted octanol–water partition coefficient (Wildman–Crippen LogP) is 2.29. The van der Waals surface area contributed by atoms with Gasteiger partial charge in [0.05, 0.1) is 6.61 Å². The third kappa shape index (κ3) is 2.12. The molecule has 0 aliphatic heterocycles. The van der Waals surface area contributed by atoms with Crippen LogP contribution < -0.4 is 5.32 Å². The van der Waals surface area contributed by atoms with Crippen molar-refractivity contribution in [3.05, 3.63) is 0 Å². The molecule has 14 heavy (non-hydrogen) atoms. The fourth-order valence-corrected chi connectivity index (χ4v) is 2.74. The molecule has 84 valence electrons. The topological polar surface area (TPSA) is 21.3 Å². The molecule has 0 saturated heterocycles. The highest BCUT2D eigenvalue weighted by atomic mass is 16.5. The largest absolute Gasteiger partial charge is 0.384 e. The molecular formula is C12H25NO. The van der Waals surface area contributed by atoms with E-state index in [1.807, 2.05) is 14.2 Å². The van der Waals surface area contributed by atoms with Crippen LogP contribution >= 0.6 is 0 Å². The van der Waals surface area contributed by atoms with Crippen LogP contribution in [0.3, 0.4) is 0 Å². The van der Waals surface area contributed by atoms with Crippen molar-refractivity contribution in [2.45, 2.75) is 33.1 Å². The van der Waals surface area contributed by atoms with Gasteiger partial charge in [0.15, 0.2) is 0 Å². The van der Waals surface area contributed by atoms with Crippen LogP contribution in [0, 0.1) is 17.3 Å². The first-order chi connectivity index (χ1) is 6.67. The van der Waals surface area contributed by atoms with Crippen molar-refractivity contribution in [3.8, 4) is 0 Å². The highest BCUT2D eigenvalue weighted by Gasteiger charge is 2.43. The first-order valence-corrected chi connectivity index (χ1v) is 5.81. The van der Waals surface area contributed by atoms with Gasteiger partial charge in [-0.15, -0.1) is 0 Å². The van der Waals surface area contributed by atoms with Crippen LogP contribution in [0.15, 0.2) is 0 Å². The monoisotopic (exact) mass is 199 g/mol. The van der Waals surface area contributed by atoms with Gasteiger partial charge >= 0.3 is 0 Å². The Kier molecular flexibility index (Phi) is 4.39. The molecule has 1 unspecified atom stereocenters. The van der Waals surface area contributed by atoms with E-state index in [2.05, 4.69) is 19.2 Å². The standard InChI is InChI=1S/C12H25NO/c1-10(2)12(8-13-3,9-14-4)11-6-5-7-11/h10-11,13H,5-9H2,1-4H3. The average molecular weight is 199 g/mol. The molecular weight excluding hydrogens is 174 g/mol. The summed E-state index contributed by atoms with van der Waals surface area (Å²) in [6.45, 7) is 6.64. The Hall–Kier alpha value is -0.0800. The fraction of sp³-hybridized carbons (Fsp3) is 1.00. The summed E-state index contributed by atoms with van der Waals surface area (Å²) in [5.41, 5.74) is 0.363. The Morgan fingerprint density at radius 2 is 2.07 bits per heavy atom. The maximum absolute atomic E-state index is 5.44. The molecule has 1 aliphatic carbocycles. The molecule has 1 atom stereocenters. The summed E-state index contributed by atoms with van der Waals surface area (Å²) < 4.78 is 5.44. The van der Waals surface area contributed by atoms with Crippen molar-refractivity contribution in [2.24, 2.45) is 17.3 Å². The summed E-state index contributed by atoms with van der Waals surface area (Å²) in [5, 5.41) is 3.34. The van der Waals surface area contributed by atoms with E-state index in [1.54, 1.807) is 0 Å².